The smallest absolute Gasteiger partial charge is 0.239 e. The lowest BCUT2D eigenvalue weighted by Gasteiger charge is -2.24. The Morgan fingerprint density at radius 1 is 1.35 bits per heavy atom. The van der Waals surface area contributed by atoms with Crippen molar-refractivity contribution < 1.29 is 9.59 Å². The van der Waals surface area contributed by atoms with Gasteiger partial charge in [0.1, 0.15) is 4.33 Å². The van der Waals surface area contributed by atoms with Crippen LogP contribution in [-0.2, 0) is 9.59 Å². The summed E-state index contributed by atoms with van der Waals surface area (Å²) in [5.74, 6) is -0.321. The highest BCUT2D eigenvalue weighted by Crippen LogP contribution is 2.64. The van der Waals surface area contributed by atoms with Crippen LogP contribution in [0.25, 0.3) is 0 Å². The largest absolute Gasteiger partial charge is 0.355 e. The Kier molecular flexibility index (Phi) is 4.31. The van der Waals surface area contributed by atoms with Crippen LogP contribution in [0, 0.1) is 5.41 Å². The lowest BCUT2D eigenvalue weighted by molar-refractivity contribution is -0.140. The molecule has 0 aliphatic heterocycles. The summed E-state index contributed by atoms with van der Waals surface area (Å²) in [5, 5.41) is 2.66. The second-order valence-corrected chi connectivity index (χ2v) is 5.97. The fourth-order valence-electron chi connectivity index (χ4n) is 1.73. The average Bonchev–Trinajstić information content (AvgIpc) is 2.75. The number of alkyl halides is 2. The van der Waals surface area contributed by atoms with Crippen molar-refractivity contribution >= 4 is 35.0 Å². The highest BCUT2D eigenvalue weighted by Gasteiger charge is 2.68. The van der Waals surface area contributed by atoms with Crippen molar-refractivity contribution in [2.24, 2.45) is 5.41 Å². The Balaban J connectivity index is 2.63. The predicted molar refractivity (Wildman–Crippen MR) is 68.1 cm³/mol. The van der Waals surface area contributed by atoms with Crippen LogP contribution in [0.15, 0.2) is 0 Å². The van der Waals surface area contributed by atoms with Crippen molar-refractivity contribution in [3.05, 3.63) is 0 Å². The van der Waals surface area contributed by atoms with Crippen LogP contribution < -0.4 is 5.32 Å². The molecule has 17 heavy (non-hydrogen) atoms. The molecule has 1 aliphatic rings. The summed E-state index contributed by atoms with van der Waals surface area (Å²) in [6.45, 7) is 6.47. The van der Waals surface area contributed by atoms with Gasteiger partial charge in [-0.3, -0.25) is 9.59 Å². The minimum absolute atomic E-state index is 0.0582. The quantitative estimate of drug-likeness (QED) is 0.777. The number of amides is 2. The van der Waals surface area contributed by atoms with Gasteiger partial charge in [0.2, 0.25) is 11.8 Å². The van der Waals surface area contributed by atoms with Crippen molar-refractivity contribution in [1.29, 1.82) is 0 Å². The Labute approximate surface area is 112 Å². The third-order valence-electron chi connectivity index (χ3n) is 3.11. The monoisotopic (exact) mass is 280 g/mol. The fourth-order valence-corrected chi connectivity index (χ4v) is 2.43. The third-order valence-corrected chi connectivity index (χ3v) is 4.21. The molecule has 0 aromatic heterocycles. The molecule has 1 saturated carbocycles. The van der Waals surface area contributed by atoms with Crippen LogP contribution in [0.3, 0.4) is 0 Å². The Morgan fingerprint density at radius 2 is 1.88 bits per heavy atom. The van der Waals surface area contributed by atoms with Gasteiger partial charge in [-0.25, -0.2) is 0 Å². The summed E-state index contributed by atoms with van der Waals surface area (Å²) in [7, 11) is 0. The second-order valence-electron chi connectivity index (χ2n) is 4.49. The number of rotatable bonds is 5. The van der Waals surface area contributed by atoms with Crippen molar-refractivity contribution in [1.82, 2.24) is 10.2 Å². The topological polar surface area (TPSA) is 49.4 Å². The molecule has 1 rings (SSSR count). The van der Waals surface area contributed by atoms with Gasteiger partial charge in [0, 0.05) is 13.1 Å². The van der Waals surface area contributed by atoms with E-state index in [1.165, 1.54) is 4.90 Å². The molecule has 0 bridgehead atoms. The van der Waals surface area contributed by atoms with Gasteiger partial charge < -0.3 is 10.2 Å². The maximum absolute atomic E-state index is 12.2. The number of hydrogen-bond acceptors (Lipinski definition) is 2. The number of halogens is 2. The van der Waals surface area contributed by atoms with Crippen LogP contribution in [0.1, 0.15) is 27.2 Å². The van der Waals surface area contributed by atoms with E-state index in [2.05, 4.69) is 5.32 Å². The van der Waals surface area contributed by atoms with Crippen LogP contribution in [0.5, 0.6) is 0 Å². The fraction of sp³-hybridized carbons (Fsp3) is 0.818. The Bertz CT molecular complexity index is 333. The number of likely N-dealkylation sites (N-methyl/N-ethyl adjacent to an activating group) is 2. The van der Waals surface area contributed by atoms with E-state index in [1.54, 1.807) is 6.92 Å². The van der Waals surface area contributed by atoms with Gasteiger partial charge in [0.15, 0.2) is 0 Å². The zero-order valence-corrected chi connectivity index (χ0v) is 11.9. The Hall–Kier alpha value is -0.480. The van der Waals surface area contributed by atoms with Gasteiger partial charge >= 0.3 is 0 Å². The molecule has 1 aliphatic carbocycles. The van der Waals surface area contributed by atoms with Crippen molar-refractivity contribution in [2.75, 3.05) is 19.6 Å². The number of carbonyl (C=O) groups excluding carboxylic acids is 2. The van der Waals surface area contributed by atoms with Crippen LogP contribution in [-0.4, -0.2) is 40.7 Å². The van der Waals surface area contributed by atoms with E-state index in [4.69, 9.17) is 23.2 Å². The van der Waals surface area contributed by atoms with Gasteiger partial charge in [-0.1, -0.05) is 0 Å². The summed E-state index contributed by atoms with van der Waals surface area (Å²) in [6.07, 6.45) is 0.438. The normalized spacial score (nSPS) is 25.2. The van der Waals surface area contributed by atoms with E-state index >= 15 is 0 Å². The van der Waals surface area contributed by atoms with E-state index < -0.39 is 9.75 Å². The van der Waals surface area contributed by atoms with Crippen molar-refractivity contribution in [2.45, 2.75) is 31.5 Å². The molecule has 1 atom stereocenters. The number of nitrogens with one attached hydrogen (secondary N) is 1. The minimum Gasteiger partial charge on any atom is -0.355 e. The average molecular weight is 281 g/mol. The number of hydrogen-bond donors (Lipinski definition) is 1. The minimum atomic E-state index is -0.987. The van der Waals surface area contributed by atoms with E-state index in [9.17, 15) is 9.59 Å². The SMILES string of the molecule is CCNC(=O)CN(CC)C(=O)C1(C)CC1(Cl)Cl. The zero-order chi connectivity index (χ0) is 13.3. The molecule has 2 amide bonds. The highest BCUT2D eigenvalue weighted by molar-refractivity contribution is 6.53. The van der Waals surface area contributed by atoms with Crippen LogP contribution in [0.4, 0.5) is 0 Å². The van der Waals surface area contributed by atoms with Gasteiger partial charge in [0.25, 0.3) is 0 Å². The molecule has 1 unspecified atom stereocenters. The van der Waals surface area contributed by atoms with Gasteiger partial charge in [0.05, 0.1) is 12.0 Å². The van der Waals surface area contributed by atoms with Gasteiger partial charge in [-0.2, -0.15) is 0 Å². The maximum Gasteiger partial charge on any atom is 0.239 e. The standard InChI is InChI=1S/C11H18Cl2N2O2/c1-4-14-8(16)6-15(5-2)9(17)10(3)7-11(10,12)13/h4-7H2,1-3H3,(H,14,16). The lowest BCUT2D eigenvalue weighted by atomic mass is 10.1. The molecule has 0 heterocycles. The first-order valence-electron chi connectivity index (χ1n) is 5.72. The molecular formula is C11H18Cl2N2O2. The predicted octanol–water partition coefficient (Wildman–Crippen LogP) is 1.55. The van der Waals surface area contributed by atoms with Crippen molar-refractivity contribution in [3.8, 4) is 0 Å². The van der Waals surface area contributed by atoms with Crippen LogP contribution in [0.2, 0.25) is 0 Å². The first-order valence-corrected chi connectivity index (χ1v) is 6.48. The van der Waals surface area contributed by atoms with E-state index in [-0.39, 0.29) is 18.4 Å². The van der Waals surface area contributed by atoms with E-state index in [0.717, 1.165) is 0 Å². The molecule has 98 valence electrons. The number of nitrogens with zero attached hydrogens (tertiary/aromatic N) is 1. The second kappa shape index (κ2) is 5.02. The molecule has 6 heteroatoms. The molecule has 4 nitrogen and oxygen atoms in total. The summed E-state index contributed by atoms with van der Waals surface area (Å²) < 4.78 is -0.987. The molecule has 0 aromatic carbocycles. The lowest BCUT2D eigenvalue weighted by Crippen LogP contribution is -2.44. The summed E-state index contributed by atoms with van der Waals surface area (Å²) in [5.41, 5.74) is -0.751. The summed E-state index contributed by atoms with van der Waals surface area (Å²) in [4.78, 5) is 25.1. The molecule has 0 radical (unpaired) electrons. The first-order chi connectivity index (χ1) is 7.78. The van der Waals surface area contributed by atoms with Gasteiger partial charge in [-0.15, -0.1) is 23.2 Å². The Morgan fingerprint density at radius 3 is 2.24 bits per heavy atom. The summed E-state index contributed by atoms with van der Waals surface area (Å²) in [6, 6.07) is 0. The molecule has 1 N–H and O–H groups in total. The van der Waals surface area contributed by atoms with Crippen LogP contribution >= 0.6 is 23.2 Å². The molecule has 0 spiro atoms. The highest BCUT2D eigenvalue weighted by atomic mass is 35.5. The molecule has 1 fully saturated rings. The molecular weight excluding hydrogens is 263 g/mol. The van der Waals surface area contributed by atoms with E-state index in [1.807, 2.05) is 13.8 Å². The number of carbonyl (C=O) groups is 2. The summed E-state index contributed by atoms with van der Waals surface area (Å²) >= 11 is 11.9. The van der Waals surface area contributed by atoms with E-state index in [0.29, 0.717) is 19.5 Å². The van der Waals surface area contributed by atoms with Crippen molar-refractivity contribution in [3.63, 3.8) is 0 Å². The van der Waals surface area contributed by atoms with Gasteiger partial charge in [-0.05, 0) is 27.2 Å². The molecule has 0 saturated heterocycles. The first kappa shape index (κ1) is 14.6. The maximum atomic E-state index is 12.2. The third kappa shape index (κ3) is 2.86. The molecule has 0 aromatic rings. The zero-order valence-electron chi connectivity index (χ0n) is 10.3.